The van der Waals surface area contributed by atoms with Gasteiger partial charge in [-0.05, 0) is 24.8 Å². The van der Waals surface area contributed by atoms with Gasteiger partial charge in [0.1, 0.15) is 22.3 Å². The highest BCUT2D eigenvalue weighted by molar-refractivity contribution is 7.98. The highest BCUT2D eigenvalue weighted by Gasteiger charge is 2.43. The maximum atomic E-state index is 14.5. The van der Waals surface area contributed by atoms with E-state index in [4.69, 9.17) is 0 Å². The Morgan fingerprint density at radius 3 is 2.96 bits per heavy atom. The summed E-state index contributed by atoms with van der Waals surface area (Å²) in [6, 6.07) is 4.97. The van der Waals surface area contributed by atoms with Gasteiger partial charge in [0.05, 0.1) is 28.2 Å². The van der Waals surface area contributed by atoms with E-state index in [0.29, 0.717) is 37.1 Å². The molecule has 142 valence electrons. The summed E-state index contributed by atoms with van der Waals surface area (Å²) < 4.78 is 27.6. The zero-order chi connectivity index (χ0) is 19.4. The molecule has 0 unspecified atom stereocenters. The molecular weight excluding hydrogens is 404 g/mol. The summed E-state index contributed by atoms with van der Waals surface area (Å²) in [5.74, 6) is -1.29. The number of halogens is 2. The number of H-pyrrole nitrogens is 1. The number of aromatic nitrogens is 4. The van der Waals surface area contributed by atoms with Gasteiger partial charge < -0.3 is 5.32 Å². The van der Waals surface area contributed by atoms with E-state index in [-0.39, 0.29) is 18.1 Å². The van der Waals surface area contributed by atoms with E-state index in [0.717, 1.165) is 5.39 Å². The van der Waals surface area contributed by atoms with Gasteiger partial charge in [-0.15, -0.1) is 11.8 Å². The minimum atomic E-state index is -1.06. The van der Waals surface area contributed by atoms with Crippen LogP contribution in [0, 0.1) is 11.7 Å². The molecule has 5 rings (SSSR count). The second-order valence-corrected chi connectivity index (χ2v) is 8.28. The minimum absolute atomic E-state index is 0.261. The van der Waals surface area contributed by atoms with E-state index in [1.165, 1.54) is 29.2 Å². The van der Waals surface area contributed by atoms with E-state index in [9.17, 15) is 13.6 Å². The molecule has 3 heterocycles. The number of nitrogens with zero attached hydrogens (tertiary/aromatic N) is 3. The van der Waals surface area contributed by atoms with Crippen LogP contribution in [0.4, 0.5) is 13.9 Å². The van der Waals surface area contributed by atoms with Crippen molar-refractivity contribution >= 4 is 55.4 Å². The van der Waals surface area contributed by atoms with Gasteiger partial charge in [-0.1, -0.05) is 11.3 Å². The molecule has 1 aliphatic rings. The van der Waals surface area contributed by atoms with Crippen molar-refractivity contribution in [2.75, 3.05) is 11.6 Å². The summed E-state index contributed by atoms with van der Waals surface area (Å²) in [5, 5.41) is 10.6. The number of amides is 1. The maximum Gasteiger partial charge on any atom is 0.232 e. The number of thiazole rings is 1. The first-order chi connectivity index (χ1) is 13.5. The monoisotopic (exact) mass is 417 g/mol. The molecule has 1 amide bonds. The standard InChI is InChI=1S/C18H13F2N5OS2/c1-27-15-10(20)5-13-8(6-21-25-13)14(15)11-2-3-12-17(22-11)28-18(23-12)24-16(26)7-4-9(7)19/h2-3,5-7,9H,4H2,1H3,(H,21,25)(H,23,24,26)/t7-,9+/m1/s1. The number of pyridine rings is 1. The number of carbonyl (C=O) groups excluding carboxylic acids is 1. The fourth-order valence-electron chi connectivity index (χ4n) is 3.14. The first-order valence-corrected chi connectivity index (χ1v) is 10.5. The topological polar surface area (TPSA) is 83.6 Å². The molecule has 1 fully saturated rings. The van der Waals surface area contributed by atoms with Gasteiger partial charge in [-0.25, -0.2) is 18.7 Å². The van der Waals surface area contributed by atoms with Crippen molar-refractivity contribution in [1.82, 2.24) is 20.2 Å². The number of benzene rings is 1. The van der Waals surface area contributed by atoms with Crippen molar-refractivity contribution in [2.45, 2.75) is 17.5 Å². The number of hydrogen-bond acceptors (Lipinski definition) is 6. The summed E-state index contributed by atoms with van der Waals surface area (Å²) in [6.07, 6.45) is 2.66. The first kappa shape index (κ1) is 17.5. The lowest BCUT2D eigenvalue weighted by molar-refractivity contribution is -0.117. The number of thioether (sulfide) groups is 1. The summed E-state index contributed by atoms with van der Waals surface area (Å²) in [5.41, 5.74) is 2.46. The molecule has 1 aliphatic carbocycles. The number of aromatic amines is 1. The second kappa shape index (κ2) is 6.49. The van der Waals surface area contributed by atoms with E-state index in [2.05, 4.69) is 25.5 Å². The average molecular weight is 417 g/mol. The van der Waals surface area contributed by atoms with E-state index >= 15 is 0 Å². The fraction of sp³-hybridized carbons (Fsp3) is 0.222. The third-order valence-corrected chi connectivity index (χ3v) is 6.34. The van der Waals surface area contributed by atoms with Crippen molar-refractivity contribution in [3.63, 3.8) is 0 Å². The summed E-state index contributed by atoms with van der Waals surface area (Å²) >= 11 is 2.51. The SMILES string of the molecule is CSc1c(F)cc2[nH]ncc2c1-c1ccc2nc(NC(=O)[C@@H]3C[C@@H]3F)sc2n1. The van der Waals surface area contributed by atoms with Gasteiger partial charge in [0, 0.05) is 17.0 Å². The van der Waals surface area contributed by atoms with Crippen LogP contribution in [0.25, 0.3) is 32.5 Å². The Bertz CT molecular complexity index is 1240. The number of fused-ring (bicyclic) bond motifs is 2. The summed E-state index contributed by atoms with van der Waals surface area (Å²) in [7, 11) is 0. The largest absolute Gasteiger partial charge is 0.302 e. The molecule has 28 heavy (non-hydrogen) atoms. The third kappa shape index (κ3) is 2.83. The number of hydrogen-bond donors (Lipinski definition) is 2. The Balaban J connectivity index is 1.58. The van der Waals surface area contributed by atoms with Crippen LogP contribution >= 0.6 is 23.1 Å². The molecule has 0 spiro atoms. The number of rotatable bonds is 4. The molecule has 1 aromatic carbocycles. The van der Waals surface area contributed by atoms with Crippen LogP contribution < -0.4 is 5.32 Å². The molecule has 0 bridgehead atoms. The first-order valence-electron chi connectivity index (χ1n) is 8.47. The lowest BCUT2D eigenvalue weighted by atomic mass is 10.1. The van der Waals surface area contributed by atoms with E-state index in [1.54, 1.807) is 18.3 Å². The fourth-order valence-corrected chi connectivity index (χ4v) is 4.65. The van der Waals surface area contributed by atoms with Crippen molar-refractivity contribution in [3.8, 4) is 11.3 Å². The molecule has 4 aromatic rings. The Kier molecular flexibility index (Phi) is 4.06. The molecule has 2 N–H and O–H groups in total. The molecule has 6 nitrogen and oxygen atoms in total. The molecule has 0 radical (unpaired) electrons. The van der Waals surface area contributed by atoms with E-state index < -0.39 is 12.1 Å². The Morgan fingerprint density at radius 1 is 1.39 bits per heavy atom. The lowest BCUT2D eigenvalue weighted by Crippen LogP contribution is -2.14. The predicted molar refractivity (Wildman–Crippen MR) is 106 cm³/mol. The van der Waals surface area contributed by atoms with Crippen LogP contribution in [0.3, 0.4) is 0 Å². The Morgan fingerprint density at radius 2 is 2.21 bits per heavy atom. The zero-order valence-corrected chi connectivity index (χ0v) is 16.1. The number of alkyl halides is 1. The molecule has 0 saturated heterocycles. The third-order valence-electron chi connectivity index (χ3n) is 4.65. The lowest BCUT2D eigenvalue weighted by Gasteiger charge is -2.09. The molecule has 0 aliphatic heterocycles. The number of anilines is 1. The Labute approximate surface area is 165 Å². The average Bonchev–Trinajstić information content (AvgIpc) is 3.05. The molecule has 3 aromatic heterocycles. The van der Waals surface area contributed by atoms with Gasteiger partial charge in [0.2, 0.25) is 5.91 Å². The molecular formula is C18H13F2N5OS2. The smallest absolute Gasteiger partial charge is 0.232 e. The summed E-state index contributed by atoms with van der Waals surface area (Å²) in [6.45, 7) is 0. The number of carbonyl (C=O) groups is 1. The van der Waals surface area contributed by atoms with Crippen molar-refractivity contribution in [1.29, 1.82) is 0 Å². The normalized spacial score (nSPS) is 18.7. The van der Waals surface area contributed by atoms with Crippen molar-refractivity contribution in [2.24, 2.45) is 5.92 Å². The Hall–Kier alpha value is -2.59. The van der Waals surface area contributed by atoms with Gasteiger partial charge in [-0.3, -0.25) is 9.89 Å². The van der Waals surface area contributed by atoms with Crippen LogP contribution in [-0.4, -0.2) is 38.5 Å². The van der Waals surface area contributed by atoms with Crippen molar-refractivity contribution in [3.05, 3.63) is 30.2 Å². The van der Waals surface area contributed by atoms with Gasteiger partial charge in [0.25, 0.3) is 0 Å². The van der Waals surface area contributed by atoms with Gasteiger partial charge in [-0.2, -0.15) is 5.10 Å². The van der Waals surface area contributed by atoms with Gasteiger partial charge >= 0.3 is 0 Å². The van der Waals surface area contributed by atoms with Crippen LogP contribution in [0.15, 0.2) is 29.3 Å². The number of nitrogens with one attached hydrogen (secondary N) is 2. The maximum absolute atomic E-state index is 14.5. The minimum Gasteiger partial charge on any atom is -0.302 e. The molecule has 1 saturated carbocycles. The quantitative estimate of drug-likeness (QED) is 0.481. The van der Waals surface area contributed by atoms with Crippen molar-refractivity contribution < 1.29 is 13.6 Å². The zero-order valence-electron chi connectivity index (χ0n) is 14.5. The van der Waals surface area contributed by atoms with E-state index in [1.807, 2.05) is 6.26 Å². The highest BCUT2D eigenvalue weighted by Crippen LogP contribution is 2.39. The van der Waals surface area contributed by atoms with Crippen LogP contribution in [-0.2, 0) is 4.79 Å². The second-order valence-electron chi connectivity index (χ2n) is 6.49. The van der Waals surface area contributed by atoms with Gasteiger partial charge in [0.15, 0.2) is 5.13 Å². The van der Waals surface area contributed by atoms with Crippen LogP contribution in [0.5, 0.6) is 0 Å². The highest BCUT2D eigenvalue weighted by atomic mass is 32.2. The van der Waals surface area contributed by atoms with Crippen LogP contribution in [0.1, 0.15) is 6.42 Å². The predicted octanol–water partition coefficient (Wildman–Crippen LogP) is 4.39. The molecule has 2 atom stereocenters. The van der Waals surface area contributed by atoms with Crippen LogP contribution in [0.2, 0.25) is 0 Å². The molecule has 10 heteroatoms. The summed E-state index contributed by atoms with van der Waals surface area (Å²) in [4.78, 5) is 22.0.